The van der Waals surface area contributed by atoms with E-state index in [-0.39, 0.29) is 6.04 Å². The fraction of sp³-hybridized carbons (Fsp3) is 0.250. The monoisotopic (exact) mass is 360 g/mol. The number of anilines is 1. The molecule has 0 aromatic heterocycles. The molecule has 0 aliphatic rings. The van der Waals surface area contributed by atoms with E-state index in [0.717, 1.165) is 30.8 Å². The van der Waals surface area contributed by atoms with Gasteiger partial charge in [-0.25, -0.2) is 0 Å². The zero-order valence-electron chi connectivity index (χ0n) is 15.9. The molecule has 0 heterocycles. The second-order valence-corrected chi connectivity index (χ2v) is 6.98. The molecule has 0 saturated carbocycles. The maximum Gasteiger partial charge on any atom is 0.119 e. The van der Waals surface area contributed by atoms with Gasteiger partial charge in [0.2, 0.25) is 0 Å². The van der Waals surface area contributed by atoms with Gasteiger partial charge in [0.15, 0.2) is 0 Å². The van der Waals surface area contributed by atoms with E-state index >= 15 is 0 Å². The molecular weight excluding hydrogens is 332 g/mol. The lowest BCUT2D eigenvalue weighted by Gasteiger charge is -2.10. The van der Waals surface area contributed by atoms with E-state index in [0.29, 0.717) is 6.61 Å². The number of nitrogens with one attached hydrogen (secondary N) is 1. The first kappa shape index (κ1) is 19.0. The van der Waals surface area contributed by atoms with Gasteiger partial charge in [0.1, 0.15) is 12.4 Å². The molecular formula is C24H28N2O. The lowest BCUT2D eigenvalue weighted by molar-refractivity contribution is 0.306. The highest BCUT2D eigenvalue weighted by molar-refractivity contribution is 5.47. The summed E-state index contributed by atoms with van der Waals surface area (Å²) in [5, 5.41) is 3.46. The minimum atomic E-state index is 0.256. The Labute approximate surface area is 162 Å². The van der Waals surface area contributed by atoms with Gasteiger partial charge in [0, 0.05) is 18.3 Å². The van der Waals surface area contributed by atoms with Crippen molar-refractivity contribution in [2.75, 3.05) is 5.32 Å². The van der Waals surface area contributed by atoms with Crippen molar-refractivity contribution in [2.45, 2.75) is 39.0 Å². The fourth-order valence-corrected chi connectivity index (χ4v) is 2.83. The normalized spacial score (nSPS) is 11.8. The van der Waals surface area contributed by atoms with Crippen LogP contribution in [0.25, 0.3) is 0 Å². The SMILES string of the molecule is CC(N)CCc1ccc(CNc2ccc(OCc3ccccc3)cc2)cc1. The zero-order chi connectivity index (χ0) is 18.9. The Hall–Kier alpha value is -2.78. The van der Waals surface area contributed by atoms with Gasteiger partial charge in [0.25, 0.3) is 0 Å². The summed E-state index contributed by atoms with van der Waals surface area (Å²) in [6, 6.07) is 27.3. The summed E-state index contributed by atoms with van der Waals surface area (Å²) in [6.07, 6.45) is 2.06. The van der Waals surface area contributed by atoms with Crippen molar-refractivity contribution in [1.29, 1.82) is 0 Å². The van der Waals surface area contributed by atoms with Crippen molar-refractivity contribution < 1.29 is 4.74 Å². The summed E-state index contributed by atoms with van der Waals surface area (Å²) >= 11 is 0. The van der Waals surface area contributed by atoms with Crippen LogP contribution < -0.4 is 15.8 Å². The van der Waals surface area contributed by atoms with E-state index in [9.17, 15) is 0 Å². The van der Waals surface area contributed by atoms with Gasteiger partial charge in [-0.3, -0.25) is 0 Å². The molecule has 0 bridgehead atoms. The maximum absolute atomic E-state index is 5.83. The van der Waals surface area contributed by atoms with Crippen LogP contribution in [0.1, 0.15) is 30.0 Å². The van der Waals surface area contributed by atoms with Crippen molar-refractivity contribution in [3.63, 3.8) is 0 Å². The number of benzene rings is 3. The molecule has 3 aromatic carbocycles. The first-order valence-electron chi connectivity index (χ1n) is 9.53. The number of ether oxygens (including phenoxy) is 1. The van der Waals surface area contributed by atoms with Crippen LogP contribution >= 0.6 is 0 Å². The number of aryl methyl sites for hydroxylation is 1. The Morgan fingerprint density at radius 2 is 1.48 bits per heavy atom. The summed E-state index contributed by atoms with van der Waals surface area (Å²) in [7, 11) is 0. The first-order valence-corrected chi connectivity index (χ1v) is 9.53. The molecule has 3 rings (SSSR count). The van der Waals surface area contributed by atoms with E-state index in [1.54, 1.807) is 0 Å². The largest absolute Gasteiger partial charge is 0.489 e. The van der Waals surface area contributed by atoms with E-state index in [2.05, 4.69) is 60.8 Å². The summed E-state index contributed by atoms with van der Waals surface area (Å²) in [6.45, 7) is 3.44. The van der Waals surface area contributed by atoms with Crippen molar-refractivity contribution >= 4 is 5.69 Å². The van der Waals surface area contributed by atoms with Crippen LogP contribution in [0.5, 0.6) is 5.75 Å². The number of nitrogens with two attached hydrogens (primary N) is 1. The topological polar surface area (TPSA) is 47.3 Å². The minimum Gasteiger partial charge on any atom is -0.489 e. The highest BCUT2D eigenvalue weighted by Gasteiger charge is 2.00. The highest BCUT2D eigenvalue weighted by Crippen LogP contribution is 2.18. The first-order chi connectivity index (χ1) is 13.2. The van der Waals surface area contributed by atoms with Gasteiger partial charge in [-0.15, -0.1) is 0 Å². The third-order valence-corrected chi connectivity index (χ3v) is 4.51. The number of hydrogen-bond acceptors (Lipinski definition) is 3. The van der Waals surface area contributed by atoms with Crippen LogP contribution in [0.15, 0.2) is 78.9 Å². The van der Waals surface area contributed by atoms with Gasteiger partial charge in [-0.1, -0.05) is 54.6 Å². The van der Waals surface area contributed by atoms with Crippen molar-refractivity contribution in [1.82, 2.24) is 0 Å². The molecule has 3 heteroatoms. The van der Waals surface area contributed by atoms with Gasteiger partial charge in [-0.2, -0.15) is 0 Å². The van der Waals surface area contributed by atoms with Gasteiger partial charge < -0.3 is 15.8 Å². The number of rotatable bonds is 9. The second-order valence-electron chi connectivity index (χ2n) is 6.98. The predicted molar refractivity (Wildman–Crippen MR) is 113 cm³/mol. The van der Waals surface area contributed by atoms with E-state index < -0.39 is 0 Å². The van der Waals surface area contributed by atoms with Gasteiger partial charge >= 0.3 is 0 Å². The lowest BCUT2D eigenvalue weighted by Crippen LogP contribution is -2.15. The molecule has 0 aliphatic heterocycles. The molecule has 0 saturated heterocycles. The molecule has 3 aromatic rings. The standard InChI is InChI=1S/C24H28N2O/c1-19(25)7-8-20-9-11-21(12-10-20)17-26-23-13-15-24(16-14-23)27-18-22-5-3-2-4-6-22/h2-6,9-16,19,26H,7-8,17-18,25H2,1H3. The Balaban J connectivity index is 1.45. The zero-order valence-corrected chi connectivity index (χ0v) is 15.9. The molecule has 27 heavy (non-hydrogen) atoms. The van der Waals surface area contributed by atoms with Crippen LogP contribution in [-0.2, 0) is 19.6 Å². The van der Waals surface area contributed by atoms with E-state index in [4.69, 9.17) is 10.5 Å². The van der Waals surface area contributed by atoms with Crippen molar-refractivity contribution in [2.24, 2.45) is 5.73 Å². The maximum atomic E-state index is 5.83. The van der Waals surface area contributed by atoms with Crippen molar-refractivity contribution in [3.05, 3.63) is 95.6 Å². The summed E-state index contributed by atoms with van der Waals surface area (Å²) < 4.78 is 5.83. The molecule has 0 spiro atoms. The van der Waals surface area contributed by atoms with Crippen LogP contribution in [0.3, 0.4) is 0 Å². The summed E-state index contributed by atoms with van der Waals surface area (Å²) in [5.41, 5.74) is 10.7. The highest BCUT2D eigenvalue weighted by atomic mass is 16.5. The molecule has 1 atom stereocenters. The van der Waals surface area contributed by atoms with Crippen LogP contribution in [0.4, 0.5) is 5.69 Å². The third kappa shape index (κ3) is 6.46. The lowest BCUT2D eigenvalue weighted by atomic mass is 10.0. The Morgan fingerprint density at radius 1 is 0.815 bits per heavy atom. The van der Waals surface area contributed by atoms with E-state index in [1.807, 2.05) is 30.3 Å². The minimum absolute atomic E-state index is 0.256. The Morgan fingerprint density at radius 3 is 2.15 bits per heavy atom. The average molecular weight is 361 g/mol. The van der Waals surface area contributed by atoms with Gasteiger partial charge in [-0.05, 0) is 60.7 Å². The molecule has 0 amide bonds. The second kappa shape index (κ2) is 9.79. The Kier molecular flexibility index (Phi) is 6.89. The van der Waals surface area contributed by atoms with E-state index in [1.165, 1.54) is 16.7 Å². The molecule has 1 unspecified atom stereocenters. The average Bonchev–Trinajstić information content (AvgIpc) is 2.71. The van der Waals surface area contributed by atoms with Crippen LogP contribution in [-0.4, -0.2) is 6.04 Å². The quantitative estimate of drug-likeness (QED) is 0.554. The third-order valence-electron chi connectivity index (χ3n) is 4.51. The molecule has 3 nitrogen and oxygen atoms in total. The molecule has 0 radical (unpaired) electrons. The molecule has 0 aliphatic carbocycles. The summed E-state index contributed by atoms with van der Waals surface area (Å²) in [5.74, 6) is 0.878. The van der Waals surface area contributed by atoms with Crippen LogP contribution in [0, 0.1) is 0 Å². The molecule has 3 N–H and O–H groups in total. The van der Waals surface area contributed by atoms with Crippen molar-refractivity contribution in [3.8, 4) is 5.75 Å². The molecule has 140 valence electrons. The van der Waals surface area contributed by atoms with Gasteiger partial charge in [0.05, 0.1) is 0 Å². The van der Waals surface area contributed by atoms with Crippen LogP contribution in [0.2, 0.25) is 0 Å². The fourth-order valence-electron chi connectivity index (χ4n) is 2.83. The predicted octanol–water partition coefficient (Wildman–Crippen LogP) is 5.16. The Bertz CT molecular complexity index is 796. The molecule has 0 fully saturated rings. The number of hydrogen-bond donors (Lipinski definition) is 2. The summed E-state index contributed by atoms with van der Waals surface area (Å²) in [4.78, 5) is 0. The smallest absolute Gasteiger partial charge is 0.119 e.